The minimum absolute atomic E-state index is 0.100. The van der Waals surface area contributed by atoms with E-state index in [9.17, 15) is 9.18 Å². The molecule has 0 saturated heterocycles. The first-order valence-corrected chi connectivity index (χ1v) is 5.68. The Labute approximate surface area is 101 Å². The Bertz CT molecular complexity index is 411. The van der Waals surface area contributed by atoms with Crippen LogP contribution in [0.25, 0.3) is 6.08 Å². The van der Waals surface area contributed by atoms with Crippen LogP contribution in [0.3, 0.4) is 0 Å². The van der Waals surface area contributed by atoms with Crippen LogP contribution in [0.4, 0.5) is 4.39 Å². The van der Waals surface area contributed by atoms with Gasteiger partial charge in [-0.3, -0.25) is 4.79 Å². The fraction of sp³-hybridized carbons (Fsp3) is 0.357. The first-order chi connectivity index (χ1) is 8.15. The van der Waals surface area contributed by atoms with Crippen LogP contribution in [0.5, 0.6) is 0 Å². The number of rotatable bonds is 5. The Balaban J connectivity index is 2.82. The van der Waals surface area contributed by atoms with E-state index in [-0.39, 0.29) is 18.2 Å². The topological polar surface area (TPSA) is 26.3 Å². The summed E-state index contributed by atoms with van der Waals surface area (Å²) in [5.41, 5.74) is 1.41. The molecular formula is C14H17FO2. The molecule has 0 spiro atoms. The lowest BCUT2D eigenvalue weighted by Gasteiger charge is -2.02. The maximum absolute atomic E-state index is 13.3. The van der Waals surface area contributed by atoms with Crippen molar-refractivity contribution in [1.82, 2.24) is 0 Å². The summed E-state index contributed by atoms with van der Waals surface area (Å²) in [7, 11) is 1.32. The number of esters is 1. The number of ether oxygens (including phenoxy) is 1. The van der Waals surface area contributed by atoms with Crippen LogP contribution in [0.1, 0.15) is 30.9 Å². The zero-order valence-electron chi connectivity index (χ0n) is 10.2. The number of carbonyl (C=O) groups excluding carboxylic acids is 1. The molecule has 3 heteroatoms. The van der Waals surface area contributed by atoms with Crippen molar-refractivity contribution < 1.29 is 13.9 Å². The van der Waals surface area contributed by atoms with Crippen molar-refractivity contribution in [3.05, 3.63) is 41.2 Å². The Morgan fingerprint density at radius 3 is 2.82 bits per heavy atom. The molecule has 0 aliphatic carbocycles. The van der Waals surface area contributed by atoms with E-state index in [0.29, 0.717) is 5.56 Å². The number of carbonyl (C=O) groups is 1. The van der Waals surface area contributed by atoms with Gasteiger partial charge in [-0.1, -0.05) is 31.6 Å². The van der Waals surface area contributed by atoms with Crippen LogP contribution in [-0.2, 0) is 16.0 Å². The van der Waals surface area contributed by atoms with E-state index < -0.39 is 0 Å². The Hall–Kier alpha value is -1.64. The molecule has 0 saturated carbocycles. The number of unbranched alkanes of at least 4 members (excludes halogenated alkanes) is 1. The number of benzene rings is 1. The SMILES string of the molecule is CCC/C=C/c1cc(F)cc(CC(=O)OC)c1. The third-order valence-corrected chi connectivity index (χ3v) is 2.32. The summed E-state index contributed by atoms with van der Waals surface area (Å²) in [6, 6.07) is 4.60. The lowest BCUT2D eigenvalue weighted by molar-refractivity contribution is -0.139. The molecule has 0 heterocycles. The van der Waals surface area contributed by atoms with Gasteiger partial charge in [0.15, 0.2) is 0 Å². The maximum atomic E-state index is 13.3. The molecule has 0 aliphatic heterocycles. The lowest BCUT2D eigenvalue weighted by Crippen LogP contribution is -2.04. The van der Waals surface area contributed by atoms with Gasteiger partial charge < -0.3 is 4.74 Å². The van der Waals surface area contributed by atoms with Gasteiger partial charge >= 0.3 is 5.97 Å². The lowest BCUT2D eigenvalue weighted by atomic mass is 10.1. The van der Waals surface area contributed by atoms with Crippen molar-refractivity contribution >= 4 is 12.0 Å². The van der Waals surface area contributed by atoms with E-state index in [2.05, 4.69) is 11.7 Å². The molecule has 0 N–H and O–H groups in total. The van der Waals surface area contributed by atoms with Crippen LogP contribution in [0.15, 0.2) is 24.3 Å². The molecule has 0 bridgehead atoms. The normalized spacial score (nSPS) is 10.8. The van der Waals surface area contributed by atoms with Crippen molar-refractivity contribution in [1.29, 1.82) is 0 Å². The first kappa shape index (κ1) is 13.4. The highest BCUT2D eigenvalue weighted by Gasteiger charge is 2.05. The minimum atomic E-state index is -0.362. The highest BCUT2D eigenvalue weighted by Crippen LogP contribution is 2.12. The number of allylic oxidation sites excluding steroid dienone is 1. The van der Waals surface area contributed by atoms with E-state index in [4.69, 9.17) is 0 Å². The van der Waals surface area contributed by atoms with Gasteiger partial charge in [0.05, 0.1) is 13.5 Å². The Morgan fingerprint density at radius 2 is 2.18 bits per heavy atom. The predicted molar refractivity (Wildman–Crippen MR) is 66.1 cm³/mol. The van der Waals surface area contributed by atoms with Crippen molar-refractivity contribution in [3.8, 4) is 0 Å². The van der Waals surface area contributed by atoms with Crippen molar-refractivity contribution in [2.45, 2.75) is 26.2 Å². The third-order valence-electron chi connectivity index (χ3n) is 2.32. The average molecular weight is 236 g/mol. The largest absolute Gasteiger partial charge is 0.469 e. The second-order valence-electron chi connectivity index (χ2n) is 3.84. The molecule has 0 atom stereocenters. The summed E-state index contributed by atoms with van der Waals surface area (Å²) in [6.07, 6.45) is 5.98. The van der Waals surface area contributed by atoms with E-state index in [1.165, 1.54) is 19.2 Å². The second kappa shape index (κ2) is 6.84. The third kappa shape index (κ3) is 4.81. The molecule has 0 radical (unpaired) electrons. The summed E-state index contributed by atoms with van der Waals surface area (Å²) in [5, 5.41) is 0. The average Bonchev–Trinajstić information content (AvgIpc) is 2.28. The van der Waals surface area contributed by atoms with Gasteiger partial charge in [0.2, 0.25) is 0 Å². The molecule has 0 aliphatic rings. The number of halogens is 1. The van der Waals surface area contributed by atoms with Crippen LogP contribution in [-0.4, -0.2) is 13.1 Å². The van der Waals surface area contributed by atoms with Crippen molar-refractivity contribution in [3.63, 3.8) is 0 Å². The number of methoxy groups -OCH3 is 1. The molecule has 0 unspecified atom stereocenters. The maximum Gasteiger partial charge on any atom is 0.309 e. The van der Waals surface area contributed by atoms with E-state index in [0.717, 1.165) is 18.4 Å². The molecule has 17 heavy (non-hydrogen) atoms. The highest BCUT2D eigenvalue weighted by atomic mass is 19.1. The zero-order chi connectivity index (χ0) is 12.7. The van der Waals surface area contributed by atoms with Gasteiger partial charge in [0, 0.05) is 0 Å². The van der Waals surface area contributed by atoms with Crippen molar-refractivity contribution in [2.24, 2.45) is 0 Å². The van der Waals surface area contributed by atoms with E-state index in [1.54, 1.807) is 6.07 Å². The molecular weight excluding hydrogens is 219 g/mol. The van der Waals surface area contributed by atoms with Crippen molar-refractivity contribution in [2.75, 3.05) is 7.11 Å². The number of hydrogen-bond acceptors (Lipinski definition) is 2. The first-order valence-electron chi connectivity index (χ1n) is 5.68. The highest BCUT2D eigenvalue weighted by molar-refractivity contribution is 5.72. The minimum Gasteiger partial charge on any atom is -0.469 e. The molecule has 0 fully saturated rings. The summed E-state index contributed by atoms with van der Waals surface area (Å²) < 4.78 is 17.9. The molecule has 1 aromatic carbocycles. The summed E-state index contributed by atoms with van der Waals surface area (Å²) in [4.78, 5) is 11.1. The Kier molecular flexibility index (Phi) is 5.40. The van der Waals surface area contributed by atoms with E-state index >= 15 is 0 Å². The van der Waals surface area contributed by atoms with Crippen LogP contribution in [0, 0.1) is 5.82 Å². The quantitative estimate of drug-likeness (QED) is 0.733. The van der Waals surface area contributed by atoms with Gasteiger partial charge in [0.25, 0.3) is 0 Å². The number of hydrogen-bond donors (Lipinski definition) is 0. The second-order valence-corrected chi connectivity index (χ2v) is 3.84. The van der Waals surface area contributed by atoms with Gasteiger partial charge in [-0.05, 0) is 29.7 Å². The molecule has 0 amide bonds. The van der Waals surface area contributed by atoms with Gasteiger partial charge in [-0.25, -0.2) is 4.39 Å². The Morgan fingerprint density at radius 1 is 1.41 bits per heavy atom. The van der Waals surface area contributed by atoms with Crippen LogP contribution < -0.4 is 0 Å². The monoisotopic (exact) mass is 236 g/mol. The summed E-state index contributed by atoms with van der Waals surface area (Å²) in [6.45, 7) is 2.08. The molecule has 92 valence electrons. The fourth-order valence-corrected chi connectivity index (χ4v) is 1.50. The predicted octanol–water partition coefficient (Wildman–Crippen LogP) is 3.35. The summed E-state index contributed by atoms with van der Waals surface area (Å²) >= 11 is 0. The zero-order valence-corrected chi connectivity index (χ0v) is 10.2. The summed E-state index contributed by atoms with van der Waals surface area (Å²) in [5.74, 6) is -0.693. The van der Waals surface area contributed by atoms with Gasteiger partial charge in [-0.15, -0.1) is 0 Å². The van der Waals surface area contributed by atoms with E-state index in [1.807, 2.05) is 12.2 Å². The van der Waals surface area contributed by atoms with Crippen LogP contribution in [0.2, 0.25) is 0 Å². The molecule has 1 rings (SSSR count). The molecule has 0 aromatic heterocycles. The molecule has 1 aromatic rings. The standard InChI is InChI=1S/C14H17FO2/c1-3-4-5-6-11-7-12(9-13(15)8-11)10-14(16)17-2/h5-9H,3-4,10H2,1-2H3/b6-5+. The van der Waals surface area contributed by atoms with Gasteiger partial charge in [-0.2, -0.15) is 0 Å². The van der Waals surface area contributed by atoms with Crippen LogP contribution >= 0.6 is 0 Å². The fourth-order valence-electron chi connectivity index (χ4n) is 1.50. The molecule has 2 nitrogen and oxygen atoms in total. The van der Waals surface area contributed by atoms with Gasteiger partial charge in [0.1, 0.15) is 5.82 Å². The smallest absolute Gasteiger partial charge is 0.309 e.